The number of unbranched alkanes of at least 4 members (excludes halogenated alkanes) is 22. The van der Waals surface area contributed by atoms with Crippen LogP contribution in [0.4, 0.5) is 0 Å². The largest absolute Gasteiger partial charge is 0.463 e. The molecule has 1 aliphatic carbocycles. The lowest BCUT2D eigenvalue weighted by molar-refractivity contribution is -0.195. The number of ether oxygens (including phenoxy) is 3. The van der Waals surface area contributed by atoms with Crippen molar-refractivity contribution in [2.24, 2.45) is 11.8 Å². The van der Waals surface area contributed by atoms with Crippen molar-refractivity contribution in [2.45, 2.75) is 218 Å². The lowest BCUT2D eigenvalue weighted by atomic mass is 10.0. The molecule has 0 spiro atoms. The number of allylic oxidation sites excluding steroid dienone is 4. The van der Waals surface area contributed by atoms with Crippen LogP contribution in [0.15, 0.2) is 24.3 Å². The van der Waals surface area contributed by atoms with Crippen LogP contribution in [-0.4, -0.2) is 73.0 Å². The van der Waals surface area contributed by atoms with Crippen molar-refractivity contribution in [1.82, 2.24) is 4.90 Å². The van der Waals surface area contributed by atoms with Gasteiger partial charge in [0.05, 0.1) is 12.3 Å². The Labute approximate surface area is 337 Å². The quantitative estimate of drug-likeness (QED) is 0.0378. The van der Waals surface area contributed by atoms with Crippen molar-refractivity contribution in [2.75, 3.05) is 27.2 Å². The van der Waals surface area contributed by atoms with Crippen LogP contribution in [0.2, 0.25) is 0 Å². The van der Waals surface area contributed by atoms with E-state index in [2.05, 4.69) is 38.2 Å². The van der Waals surface area contributed by atoms with Gasteiger partial charge in [-0.2, -0.15) is 0 Å². The lowest BCUT2D eigenvalue weighted by Crippen LogP contribution is -2.35. The summed E-state index contributed by atoms with van der Waals surface area (Å²) in [6, 6.07) is 0. The first-order chi connectivity index (χ1) is 26.8. The summed E-state index contributed by atoms with van der Waals surface area (Å²) in [5, 5.41) is 10.8. The van der Waals surface area contributed by atoms with Gasteiger partial charge in [0.1, 0.15) is 18.0 Å². The molecule has 0 radical (unpaired) electrons. The standard InChI is InChI=1S/C47H83NO7/c1-5-7-9-11-13-15-17-19-21-23-25-27-29-31-33-35-40(49)43-44-45(46(52)55-47(43,44)39-53-41(50)37-38-48(3)4)54-42(51)36-34-32-30-28-26-24-22-20-18-16-14-12-10-8-6-2/h19-22,43-46,52H,5-18,23-39H2,1-4H3/b21-19-,22-20-/t43-,44?,45+,46-,47?/m1/s1. The van der Waals surface area contributed by atoms with Gasteiger partial charge in [-0.15, -0.1) is 0 Å². The maximum absolute atomic E-state index is 13.5. The van der Waals surface area contributed by atoms with Crippen molar-refractivity contribution in [3.05, 3.63) is 24.3 Å². The minimum Gasteiger partial charge on any atom is -0.463 e. The average Bonchev–Trinajstić information content (AvgIpc) is 3.72. The van der Waals surface area contributed by atoms with Crippen LogP contribution in [0.5, 0.6) is 0 Å². The number of rotatable bonds is 37. The Morgan fingerprint density at radius 3 is 1.51 bits per heavy atom. The zero-order valence-corrected chi connectivity index (χ0v) is 35.9. The Balaban J connectivity index is 1.69. The SMILES string of the molecule is CCCCCCCC/C=C\CCCCCCCC(=O)O[C@H]1C2[C@@H](C(=O)CCCCCCC/C=C\CCCCCCCC)C2(COC(=O)CCN(C)C)O[C@H]1O. The average molecular weight is 774 g/mol. The fourth-order valence-corrected chi connectivity index (χ4v) is 8.01. The molecule has 1 heterocycles. The summed E-state index contributed by atoms with van der Waals surface area (Å²) in [5.41, 5.74) is -1.12. The van der Waals surface area contributed by atoms with Crippen molar-refractivity contribution < 1.29 is 33.7 Å². The maximum Gasteiger partial charge on any atom is 0.307 e. The van der Waals surface area contributed by atoms with Gasteiger partial charge in [0.15, 0.2) is 12.4 Å². The summed E-state index contributed by atoms with van der Waals surface area (Å²) in [7, 11) is 3.78. The number of carbonyl (C=O) groups excluding carboxylic acids is 3. The fourth-order valence-electron chi connectivity index (χ4n) is 8.01. The van der Waals surface area contributed by atoms with Gasteiger partial charge in [0.2, 0.25) is 0 Å². The van der Waals surface area contributed by atoms with Gasteiger partial charge in [-0.3, -0.25) is 14.4 Å². The maximum atomic E-state index is 13.5. The molecule has 2 rings (SSSR count). The Morgan fingerprint density at radius 2 is 1.04 bits per heavy atom. The topological polar surface area (TPSA) is 102 Å². The third-order valence-corrected chi connectivity index (χ3v) is 11.5. The summed E-state index contributed by atoms with van der Waals surface area (Å²) in [4.78, 5) is 40.8. The first kappa shape index (κ1) is 49.1. The number of esters is 2. The predicted octanol–water partition coefficient (Wildman–Crippen LogP) is 11.4. The molecule has 1 saturated carbocycles. The number of aliphatic hydroxyl groups is 1. The van der Waals surface area contributed by atoms with Gasteiger partial charge in [0, 0.05) is 25.3 Å². The van der Waals surface area contributed by atoms with Gasteiger partial charge in [-0.1, -0.05) is 141 Å². The Hall–Kier alpha value is -2.03. The minimum atomic E-state index is -1.34. The highest BCUT2D eigenvalue weighted by molar-refractivity contribution is 5.87. The highest BCUT2D eigenvalue weighted by atomic mass is 16.7. The van der Waals surface area contributed by atoms with E-state index in [4.69, 9.17) is 14.2 Å². The van der Waals surface area contributed by atoms with E-state index in [0.717, 1.165) is 64.2 Å². The van der Waals surface area contributed by atoms with Crippen molar-refractivity contribution in [1.29, 1.82) is 0 Å². The number of Topliss-reactive ketones (excluding diaryl/α,β-unsaturated/α-hetero) is 1. The molecule has 0 aromatic carbocycles. The lowest BCUT2D eigenvalue weighted by Gasteiger charge is -2.22. The van der Waals surface area contributed by atoms with E-state index in [9.17, 15) is 19.5 Å². The second kappa shape index (κ2) is 31.0. The summed E-state index contributed by atoms with van der Waals surface area (Å²) in [6.07, 6.45) is 38.8. The molecule has 2 aliphatic rings. The monoisotopic (exact) mass is 774 g/mol. The Morgan fingerprint density at radius 1 is 0.600 bits per heavy atom. The molecule has 8 nitrogen and oxygen atoms in total. The predicted molar refractivity (Wildman–Crippen MR) is 225 cm³/mol. The molecule has 318 valence electrons. The van der Waals surface area contributed by atoms with Gasteiger partial charge in [0.25, 0.3) is 0 Å². The number of aliphatic hydroxyl groups excluding tert-OH is 1. The number of fused-ring (bicyclic) bond motifs is 1. The molecule has 8 heteroatoms. The smallest absolute Gasteiger partial charge is 0.307 e. The van der Waals surface area contributed by atoms with Gasteiger partial charge in [-0.25, -0.2) is 0 Å². The second-order valence-corrected chi connectivity index (χ2v) is 16.8. The van der Waals surface area contributed by atoms with Gasteiger partial charge < -0.3 is 24.2 Å². The molecular formula is C47H83NO7. The summed E-state index contributed by atoms with van der Waals surface area (Å²) >= 11 is 0. The highest BCUT2D eigenvalue weighted by Gasteiger charge is 2.79. The molecule has 0 amide bonds. The number of nitrogens with zero attached hydrogens (tertiary/aromatic N) is 1. The number of hydrogen-bond donors (Lipinski definition) is 1. The van der Waals surface area contributed by atoms with Crippen molar-refractivity contribution in [3.63, 3.8) is 0 Å². The van der Waals surface area contributed by atoms with Crippen LogP contribution in [0.3, 0.4) is 0 Å². The zero-order valence-electron chi connectivity index (χ0n) is 35.9. The van der Waals surface area contributed by atoms with Crippen LogP contribution in [0.25, 0.3) is 0 Å². The van der Waals surface area contributed by atoms with Crippen LogP contribution in [0.1, 0.15) is 200 Å². The molecule has 0 aromatic rings. The summed E-state index contributed by atoms with van der Waals surface area (Å²) in [5.74, 6) is -1.76. The fraction of sp³-hybridized carbons (Fsp3) is 0.851. The molecule has 1 N–H and O–H groups in total. The molecule has 0 aromatic heterocycles. The third-order valence-electron chi connectivity index (χ3n) is 11.5. The van der Waals surface area contributed by atoms with Crippen LogP contribution < -0.4 is 0 Å². The van der Waals surface area contributed by atoms with Crippen molar-refractivity contribution in [3.8, 4) is 0 Å². The van der Waals surface area contributed by atoms with E-state index in [0.29, 0.717) is 13.0 Å². The second-order valence-electron chi connectivity index (χ2n) is 16.8. The number of ketones is 1. The van der Waals surface area contributed by atoms with E-state index in [-0.39, 0.29) is 37.2 Å². The summed E-state index contributed by atoms with van der Waals surface area (Å²) in [6.45, 7) is 4.94. The molecule has 1 saturated heterocycles. The van der Waals surface area contributed by atoms with E-state index in [1.807, 2.05) is 19.0 Å². The molecule has 2 fully saturated rings. The van der Waals surface area contributed by atoms with E-state index in [1.54, 1.807) is 0 Å². The first-order valence-corrected chi connectivity index (χ1v) is 22.9. The number of hydrogen-bond acceptors (Lipinski definition) is 8. The van der Waals surface area contributed by atoms with Gasteiger partial charge in [-0.05, 0) is 78.3 Å². The molecule has 55 heavy (non-hydrogen) atoms. The Bertz CT molecular complexity index is 1070. The zero-order chi connectivity index (χ0) is 40.0. The molecule has 5 atom stereocenters. The van der Waals surface area contributed by atoms with Crippen LogP contribution >= 0.6 is 0 Å². The van der Waals surface area contributed by atoms with Crippen molar-refractivity contribution >= 4 is 17.7 Å². The van der Waals surface area contributed by atoms with E-state index < -0.39 is 29.8 Å². The van der Waals surface area contributed by atoms with E-state index in [1.165, 1.54) is 103 Å². The van der Waals surface area contributed by atoms with Crippen LogP contribution in [0, 0.1) is 11.8 Å². The summed E-state index contributed by atoms with van der Waals surface area (Å²) < 4.78 is 17.3. The molecular weight excluding hydrogens is 691 g/mol. The third kappa shape index (κ3) is 21.3. The van der Waals surface area contributed by atoms with Gasteiger partial charge >= 0.3 is 11.9 Å². The minimum absolute atomic E-state index is 0.0390. The normalized spacial score (nSPS) is 21.9. The highest BCUT2D eigenvalue weighted by Crippen LogP contribution is 2.63. The first-order valence-electron chi connectivity index (χ1n) is 22.9. The van der Waals surface area contributed by atoms with Crippen LogP contribution in [-0.2, 0) is 28.6 Å². The number of carbonyl (C=O) groups is 3. The molecule has 0 bridgehead atoms. The molecule has 1 aliphatic heterocycles. The van der Waals surface area contributed by atoms with E-state index >= 15 is 0 Å². The molecule has 2 unspecified atom stereocenters. The Kier molecular flexibility index (Phi) is 27.7.